The average molecular weight is 266 g/mol. The first-order chi connectivity index (χ1) is 6.19. The molecule has 1 unspecified atom stereocenters. The molecule has 1 aromatic carbocycles. The molecule has 0 heterocycles. The van der Waals surface area contributed by atoms with Crippen molar-refractivity contribution >= 4 is 27.5 Å². The summed E-state index contributed by atoms with van der Waals surface area (Å²) in [4.78, 5) is 0. The van der Waals surface area contributed by atoms with Crippen molar-refractivity contribution in [3.63, 3.8) is 0 Å². The molecule has 0 saturated heterocycles. The predicted octanol–water partition coefficient (Wildman–Crippen LogP) is 2.73. The summed E-state index contributed by atoms with van der Waals surface area (Å²) in [5.41, 5.74) is 0.780. The summed E-state index contributed by atoms with van der Waals surface area (Å²) >= 11 is 8.84. The Labute approximate surface area is 90.6 Å². The van der Waals surface area contributed by atoms with Gasteiger partial charge in [0.25, 0.3) is 0 Å². The summed E-state index contributed by atoms with van der Waals surface area (Å²) in [6.07, 6.45) is -0.621. The molecule has 0 amide bonds. The third-order valence-electron chi connectivity index (χ3n) is 1.71. The Hall–Kier alpha value is -0.250. The van der Waals surface area contributed by atoms with E-state index in [1.165, 1.54) is 0 Å². The number of alkyl halides is 1. The van der Waals surface area contributed by atoms with Crippen LogP contribution in [0.5, 0.6) is 5.75 Å². The topological polar surface area (TPSA) is 29.5 Å². The molecule has 1 aromatic rings. The van der Waals surface area contributed by atoms with Gasteiger partial charge in [-0.1, -0.05) is 6.07 Å². The second-order valence-electron chi connectivity index (χ2n) is 2.56. The molecule has 0 aliphatic heterocycles. The molecule has 4 heteroatoms. The van der Waals surface area contributed by atoms with Crippen LogP contribution in [0.3, 0.4) is 0 Å². The van der Waals surface area contributed by atoms with Crippen molar-refractivity contribution in [1.29, 1.82) is 0 Å². The summed E-state index contributed by atoms with van der Waals surface area (Å²) in [6, 6.07) is 5.37. The van der Waals surface area contributed by atoms with E-state index in [4.69, 9.17) is 16.3 Å². The first-order valence-electron chi connectivity index (χ1n) is 3.76. The third-order valence-corrected chi connectivity index (χ3v) is 2.62. The molecule has 0 fully saturated rings. The highest BCUT2D eigenvalue weighted by Gasteiger charge is 2.08. The molecular formula is C9H10BrClO2. The van der Waals surface area contributed by atoms with Gasteiger partial charge in [0, 0.05) is 0 Å². The highest BCUT2D eigenvalue weighted by molar-refractivity contribution is 9.10. The Morgan fingerprint density at radius 1 is 1.62 bits per heavy atom. The van der Waals surface area contributed by atoms with E-state index in [9.17, 15) is 5.11 Å². The van der Waals surface area contributed by atoms with Crippen LogP contribution in [0.2, 0.25) is 0 Å². The van der Waals surface area contributed by atoms with Gasteiger partial charge in [-0.25, -0.2) is 0 Å². The zero-order valence-corrected chi connectivity index (χ0v) is 9.47. The van der Waals surface area contributed by atoms with Crippen molar-refractivity contribution in [2.45, 2.75) is 6.10 Å². The zero-order chi connectivity index (χ0) is 9.84. The van der Waals surface area contributed by atoms with Gasteiger partial charge in [0.1, 0.15) is 5.75 Å². The molecule has 72 valence electrons. The molecule has 0 saturated carbocycles. The maximum atomic E-state index is 9.42. The number of aliphatic hydroxyl groups excluding tert-OH is 1. The zero-order valence-electron chi connectivity index (χ0n) is 7.13. The number of hydrogen-bond donors (Lipinski definition) is 1. The predicted molar refractivity (Wildman–Crippen MR) is 56.4 cm³/mol. The van der Waals surface area contributed by atoms with Crippen molar-refractivity contribution in [1.82, 2.24) is 0 Å². The highest BCUT2D eigenvalue weighted by Crippen LogP contribution is 2.28. The first kappa shape index (κ1) is 10.8. The number of benzene rings is 1. The Bertz CT molecular complexity index is 291. The molecule has 0 aliphatic carbocycles. The molecule has 0 radical (unpaired) electrons. The molecule has 2 nitrogen and oxygen atoms in total. The fraction of sp³-hybridized carbons (Fsp3) is 0.333. The lowest BCUT2D eigenvalue weighted by Crippen LogP contribution is -1.98. The minimum atomic E-state index is -0.621. The molecular weight excluding hydrogens is 255 g/mol. The van der Waals surface area contributed by atoms with Gasteiger partial charge >= 0.3 is 0 Å². The van der Waals surface area contributed by atoms with Crippen molar-refractivity contribution in [3.05, 3.63) is 28.2 Å². The van der Waals surface area contributed by atoms with Crippen LogP contribution in [0.25, 0.3) is 0 Å². The van der Waals surface area contributed by atoms with Gasteiger partial charge in [0.2, 0.25) is 0 Å². The molecule has 13 heavy (non-hydrogen) atoms. The van der Waals surface area contributed by atoms with Crippen molar-refractivity contribution in [2.24, 2.45) is 0 Å². The maximum Gasteiger partial charge on any atom is 0.133 e. The molecule has 0 bridgehead atoms. The van der Waals surface area contributed by atoms with Crippen LogP contribution in [-0.4, -0.2) is 18.1 Å². The standard InChI is InChI=1S/C9H10BrClO2/c1-13-9-3-2-6(4-7(9)10)8(12)5-11/h2-4,8,12H,5H2,1H3. The summed E-state index contributed by atoms with van der Waals surface area (Å²) in [5.74, 6) is 0.934. The smallest absolute Gasteiger partial charge is 0.133 e. The largest absolute Gasteiger partial charge is 0.496 e. The Kier molecular flexibility index (Phi) is 4.03. The second-order valence-corrected chi connectivity index (χ2v) is 3.73. The molecule has 1 N–H and O–H groups in total. The van der Waals surface area contributed by atoms with E-state index in [1.807, 2.05) is 0 Å². The van der Waals surface area contributed by atoms with E-state index in [-0.39, 0.29) is 5.88 Å². The molecule has 0 aliphatic rings. The third kappa shape index (κ3) is 2.59. The van der Waals surface area contributed by atoms with Gasteiger partial charge in [-0.05, 0) is 33.6 Å². The van der Waals surface area contributed by atoms with Gasteiger partial charge < -0.3 is 9.84 Å². The summed E-state index contributed by atoms with van der Waals surface area (Å²) in [7, 11) is 1.59. The average Bonchev–Trinajstić information content (AvgIpc) is 2.16. The highest BCUT2D eigenvalue weighted by atomic mass is 79.9. The van der Waals surface area contributed by atoms with Crippen LogP contribution in [0, 0.1) is 0 Å². The summed E-state index contributed by atoms with van der Waals surface area (Å²) in [6.45, 7) is 0. The number of methoxy groups -OCH3 is 1. The lowest BCUT2D eigenvalue weighted by atomic mass is 10.1. The Morgan fingerprint density at radius 3 is 2.77 bits per heavy atom. The van der Waals surface area contributed by atoms with Gasteiger partial charge in [0.15, 0.2) is 0 Å². The lowest BCUT2D eigenvalue weighted by Gasteiger charge is -2.09. The second kappa shape index (κ2) is 4.84. The van der Waals surface area contributed by atoms with Gasteiger partial charge in [-0.15, -0.1) is 11.6 Å². The maximum absolute atomic E-state index is 9.42. The van der Waals surface area contributed by atoms with Crippen LogP contribution < -0.4 is 4.74 Å². The summed E-state index contributed by atoms with van der Waals surface area (Å²) < 4.78 is 5.87. The number of halogens is 2. The van der Waals surface area contributed by atoms with Crippen molar-refractivity contribution in [2.75, 3.05) is 13.0 Å². The molecule has 0 aromatic heterocycles. The van der Waals surface area contributed by atoms with Crippen LogP contribution in [0.4, 0.5) is 0 Å². The van der Waals surface area contributed by atoms with E-state index in [1.54, 1.807) is 25.3 Å². The normalized spacial score (nSPS) is 12.6. The van der Waals surface area contributed by atoms with Crippen molar-refractivity contribution < 1.29 is 9.84 Å². The van der Waals surface area contributed by atoms with E-state index in [0.717, 1.165) is 15.8 Å². The molecule has 1 atom stereocenters. The van der Waals surface area contributed by atoms with Crippen LogP contribution in [-0.2, 0) is 0 Å². The van der Waals surface area contributed by atoms with Crippen LogP contribution in [0.15, 0.2) is 22.7 Å². The Balaban J connectivity index is 2.95. The number of ether oxygens (including phenoxy) is 1. The Morgan fingerprint density at radius 2 is 2.31 bits per heavy atom. The van der Waals surface area contributed by atoms with E-state index >= 15 is 0 Å². The fourth-order valence-electron chi connectivity index (χ4n) is 0.979. The van der Waals surface area contributed by atoms with Gasteiger partial charge in [-0.3, -0.25) is 0 Å². The minimum absolute atomic E-state index is 0.193. The number of aliphatic hydroxyl groups is 1. The number of rotatable bonds is 3. The molecule has 1 rings (SSSR count). The molecule has 0 spiro atoms. The SMILES string of the molecule is COc1ccc(C(O)CCl)cc1Br. The number of hydrogen-bond acceptors (Lipinski definition) is 2. The lowest BCUT2D eigenvalue weighted by molar-refractivity contribution is 0.202. The minimum Gasteiger partial charge on any atom is -0.496 e. The van der Waals surface area contributed by atoms with E-state index in [0.29, 0.717) is 0 Å². The van der Waals surface area contributed by atoms with E-state index < -0.39 is 6.10 Å². The quantitative estimate of drug-likeness (QED) is 0.852. The van der Waals surface area contributed by atoms with Crippen LogP contribution >= 0.6 is 27.5 Å². The fourth-order valence-corrected chi connectivity index (χ4v) is 1.72. The van der Waals surface area contributed by atoms with Crippen molar-refractivity contribution in [3.8, 4) is 5.75 Å². The van der Waals surface area contributed by atoms with Gasteiger partial charge in [0.05, 0.1) is 23.6 Å². The van der Waals surface area contributed by atoms with Gasteiger partial charge in [-0.2, -0.15) is 0 Å². The summed E-state index contributed by atoms with van der Waals surface area (Å²) in [5, 5.41) is 9.42. The van der Waals surface area contributed by atoms with E-state index in [2.05, 4.69) is 15.9 Å². The monoisotopic (exact) mass is 264 g/mol. The van der Waals surface area contributed by atoms with Crippen LogP contribution in [0.1, 0.15) is 11.7 Å². The first-order valence-corrected chi connectivity index (χ1v) is 5.09.